The van der Waals surface area contributed by atoms with Crippen LogP contribution in [0.1, 0.15) is 37.8 Å². The fourth-order valence-corrected chi connectivity index (χ4v) is 1.61. The minimum absolute atomic E-state index is 0.0822. The molecule has 0 atom stereocenters. The molecule has 0 saturated heterocycles. The van der Waals surface area contributed by atoms with Crippen molar-refractivity contribution in [1.82, 2.24) is 0 Å². The van der Waals surface area contributed by atoms with Gasteiger partial charge in [-0.3, -0.25) is 0 Å². The predicted molar refractivity (Wildman–Crippen MR) is 56.7 cm³/mol. The molecule has 0 bridgehead atoms. The SMILES string of the molecule is CCOc1cccc(C(C)C)c1C(F)(F)F. The van der Waals surface area contributed by atoms with E-state index < -0.39 is 11.7 Å². The normalized spacial score (nSPS) is 11.9. The van der Waals surface area contributed by atoms with E-state index in [0.29, 0.717) is 0 Å². The first kappa shape index (κ1) is 12.9. The van der Waals surface area contributed by atoms with Crippen LogP contribution in [0.2, 0.25) is 0 Å². The van der Waals surface area contributed by atoms with E-state index in [1.165, 1.54) is 12.1 Å². The maximum atomic E-state index is 12.9. The fourth-order valence-electron chi connectivity index (χ4n) is 1.61. The third-order valence-electron chi connectivity index (χ3n) is 2.26. The third-order valence-corrected chi connectivity index (χ3v) is 2.26. The first-order chi connectivity index (χ1) is 7.38. The van der Waals surface area contributed by atoms with Crippen molar-refractivity contribution in [3.63, 3.8) is 0 Å². The summed E-state index contributed by atoms with van der Waals surface area (Å²) in [5.74, 6) is -0.266. The van der Waals surface area contributed by atoms with Gasteiger partial charge in [0.15, 0.2) is 0 Å². The summed E-state index contributed by atoms with van der Waals surface area (Å²) in [4.78, 5) is 0. The van der Waals surface area contributed by atoms with Gasteiger partial charge in [-0.2, -0.15) is 13.2 Å². The second kappa shape index (κ2) is 4.76. The van der Waals surface area contributed by atoms with Crippen molar-refractivity contribution in [2.45, 2.75) is 32.9 Å². The van der Waals surface area contributed by atoms with E-state index in [2.05, 4.69) is 0 Å². The quantitative estimate of drug-likeness (QED) is 0.757. The maximum absolute atomic E-state index is 12.9. The van der Waals surface area contributed by atoms with Crippen LogP contribution < -0.4 is 4.74 Å². The average molecular weight is 232 g/mol. The highest BCUT2D eigenvalue weighted by Crippen LogP contribution is 2.41. The van der Waals surface area contributed by atoms with Gasteiger partial charge in [0.25, 0.3) is 0 Å². The number of rotatable bonds is 3. The average Bonchev–Trinajstić information content (AvgIpc) is 2.16. The second-order valence-corrected chi connectivity index (χ2v) is 3.81. The Balaban J connectivity index is 3.35. The Labute approximate surface area is 93.2 Å². The van der Waals surface area contributed by atoms with Gasteiger partial charge in [0.2, 0.25) is 0 Å². The lowest BCUT2D eigenvalue weighted by atomic mass is 9.96. The monoisotopic (exact) mass is 232 g/mol. The predicted octanol–water partition coefficient (Wildman–Crippen LogP) is 4.23. The van der Waals surface area contributed by atoms with Crippen molar-refractivity contribution in [3.05, 3.63) is 29.3 Å². The molecule has 90 valence electrons. The highest BCUT2D eigenvalue weighted by molar-refractivity contribution is 5.43. The Morgan fingerprint density at radius 1 is 1.25 bits per heavy atom. The highest BCUT2D eigenvalue weighted by Gasteiger charge is 2.37. The molecule has 1 aromatic carbocycles. The first-order valence-electron chi connectivity index (χ1n) is 5.20. The topological polar surface area (TPSA) is 9.23 Å². The molecule has 0 fully saturated rings. The molecule has 4 heteroatoms. The molecule has 0 heterocycles. The standard InChI is InChI=1S/C12H15F3O/c1-4-16-10-7-5-6-9(8(2)3)11(10)12(13,14)15/h5-8H,4H2,1-3H3. The molecule has 1 rings (SSSR count). The van der Waals surface area contributed by atoms with Crippen molar-refractivity contribution >= 4 is 0 Å². The van der Waals surface area contributed by atoms with Crippen molar-refractivity contribution in [1.29, 1.82) is 0 Å². The summed E-state index contributed by atoms with van der Waals surface area (Å²) in [6.45, 7) is 5.37. The molecule has 1 nitrogen and oxygen atoms in total. The van der Waals surface area contributed by atoms with Gasteiger partial charge in [0, 0.05) is 0 Å². The zero-order valence-electron chi connectivity index (χ0n) is 9.56. The Morgan fingerprint density at radius 3 is 2.31 bits per heavy atom. The Bertz CT molecular complexity index is 356. The summed E-state index contributed by atoms with van der Waals surface area (Å²) in [6.07, 6.45) is -4.37. The molecule has 0 amide bonds. The van der Waals surface area contributed by atoms with Gasteiger partial charge < -0.3 is 4.74 Å². The summed E-state index contributed by atoms with van der Waals surface area (Å²) >= 11 is 0. The van der Waals surface area contributed by atoms with Gasteiger partial charge in [0.1, 0.15) is 11.3 Å². The van der Waals surface area contributed by atoms with Crippen molar-refractivity contribution in [3.8, 4) is 5.75 Å². The van der Waals surface area contributed by atoms with Crippen LogP contribution in [0.3, 0.4) is 0 Å². The van der Waals surface area contributed by atoms with Gasteiger partial charge in [0.05, 0.1) is 6.61 Å². The minimum atomic E-state index is -4.37. The smallest absolute Gasteiger partial charge is 0.420 e. The number of ether oxygens (including phenoxy) is 1. The van der Waals surface area contributed by atoms with Crippen LogP contribution in [0.4, 0.5) is 13.2 Å². The minimum Gasteiger partial charge on any atom is -0.493 e. The highest BCUT2D eigenvalue weighted by atomic mass is 19.4. The molecule has 0 radical (unpaired) electrons. The molecule has 0 saturated carbocycles. The maximum Gasteiger partial charge on any atom is 0.420 e. The number of alkyl halides is 3. The zero-order chi connectivity index (χ0) is 12.3. The number of benzene rings is 1. The van der Waals surface area contributed by atoms with E-state index in [9.17, 15) is 13.2 Å². The molecule has 0 aromatic heterocycles. The Morgan fingerprint density at radius 2 is 1.88 bits per heavy atom. The van der Waals surface area contributed by atoms with Crippen molar-refractivity contribution < 1.29 is 17.9 Å². The van der Waals surface area contributed by atoms with Gasteiger partial charge in [-0.15, -0.1) is 0 Å². The van der Waals surface area contributed by atoms with Crippen LogP contribution in [0.25, 0.3) is 0 Å². The second-order valence-electron chi connectivity index (χ2n) is 3.81. The first-order valence-corrected chi connectivity index (χ1v) is 5.20. The van der Waals surface area contributed by atoms with Gasteiger partial charge >= 0.3 is 6.18 Å². The molecular formula is C12H15F3O. The number of hydrogen-bond acceptors (Lipinski definition) is 1. The molecular weight excluding hydrogens is 217 g/mol. The van der Waals surface area contributed by atoms with Crippen molar-refractivity contribution in [2.24, 2.45) is 0 Å². The molecule has 16 heavy (non-hydrogen) atoms. The Kier molecular flexibility index (Phi) is 3.83. The van der Waals surface area contributed by atoms with Gasteiger partial charge in [-0.05, 0) is 24.5 Å². The number of hydrogen-bond donors (Lipinski definition) is 0. The van der Waals surface area contributed by atoms with E-state index in [4.69, 9.17) is 4.74 Å². The van der Waals surface area contributed by atoms with Crippen LogP contribution in [0, 0.1) is 0 Å². The molecule has 0 spiro atoms. The van der Waals surface area contributed by atoms with E-state index in [0.717, 1.165) is 0 Å². The lowest BCUT2D eigenvalue weighted by Gasteiger charge is -2.19. The van der Waals surface area contributed by atoms with E-state index in [-0.39, 0.29) is 23.8 Å². The summed E-state index contributed by atoms with van der Waals surface area (Å²) in [6, 6.07) is 4.45. The van der Waals surface area contributed by atoms with Crippen LogP contribution in [-0.4, -0.2) is 6.61 Å². The van der Waals surface area contributed by atoms with E-state index in [1.54, 1.807) is 26.8 Å². The molecule has 1 aromatic rings. The summed E-state index contributed by atoms with van der Waals surface area (Å²) in [7, 11) is 0. The van der Waals surface area contributed by atoms with E-state index >= 15 is 0 Å². The largest absolute Gasteiger partial charge is 0.493 e. The summed E-state index contributed by atoms with van der Waals surface area (Å²) in [5.41, 5.74) is -0.370. The lowest BCUT2D eigenvalue weighted by Crippen LogP contribution is -2.13. The molecule has 0 aliphatic heterocycles. The van der Waals surface area contributed by atoms with Crippen molar-refractivity contribution in [2.75, 3.05) is 6.61 Å². The van der Waals surface area contributed by atoms with Crippen LogP contribution in [0.5, 0.6) is 5.75 Å². The van der Waals surface area contributed by atoms with Crippen LogP contribution in [-0.2, 0) is 6.18 Å². The van der Waals surface area contributed by atoms with E-state index in [1.807, 2.05) is 0 Å². The fraction of sp³-hybridized carbons (Fsp3) is 0.500. The summed E-state index contributed by atoms with van der Waals surface area (Å²) in [5, 5.41) is 0. The van der Waals surface area contributed by atoms with Gasteiger partial charge in [-0.1, -0.05) is 26.0 Å². The summed E-state index contributed by atoms with van der Waals surface area (Å²) < 4.78 is 43.8. The zero-order valence-corrected chi connectivity index (χ0v) is 9.56. The molecule has 0 N–H and O–H groups in total. The lowest BCUT2D eigenvalue weighted by molar-refractivity contribution is -0.139. The van der Waals surface area contributed by atoms with Gasteiger partial charge in [-0.25, -0.2) is 0 Å². The molecule has 0 unspecified atom stereocenters. The van der Waals surface area contributed by atoms with Crippen LogP contribution in [0.15, 0.2) is 18.2 Å². The Hall–Kier alpha value is -1.19. The molecule has 0 aliphatic carbocycles. The molecule has 0 aliphatic rings. The van der Waals surface area contributed by atoms with Crippen LogP contribution >= 0.6 is 0 Å². The third kappa shape index (κ3) is 2.68. The number of halogens is 3.